The van der Waals surface area contributed by atoms with Crippen molar-refractivity contribution in [3.8, 4) is 5.75 Å². The summed E-state index contributed by atoms with van der Waals surface area (Å²) in [7, 11) is 1.52. The zero-order valence-electron chi connectivity index (χ0n) is 18.1. The molecule has 32 heavy (non-hydrogen) atoms. The minimum atomic E-state index is -0.207. The molecule has 9 heteroatoms. The molecule has 2 fully saturated rings. The van der Waals surface area contributed by atoms with E-state index in [0.29, 0.717) is 34.1 Å². The fourth-order valence-corrected chi connectivity index (χ4v) is 3.48. The van der Waals surface area contributed by atoms with E-state index in [2.05, 4.69) is 20.6 Å². The fraction of sp³-hybridized carbons (Fsp3) is 0.348. The number of para-hydroxylation sites is 1. The number of ether oxygens (including phenoxy) is 1. The van der Waals surface area contributed by atoms with Gasteiger partial charge in [0.1, 0.15) is 5.82 Å². The molecule has 2 aliphatic rings. The third-order valence-corrected chi connectivity index (χ3v) is 5.50. The Morgan fingerprint density at radius 3 is 2.66 bits per heavy atom. The van der Waals surface area contributed by atoms with Gasteiger partial charge in [0.15, 0.2) is 17.4 Å². The molecule has 4 rings (SSSR count). The molecule has 9 nitrogen and oxygen atoms in total. The number of carbonyl (C=O) groups is 2. The van der Waals surface area contributed by atoms with E-state index in [1.165, 1.54) is 13.3 Å². The summed E-state index contributed by atoms with van der Waals surface area (Å²) in [5.41, 5.74) is 2.09. The third kappa shape index (κ3) is 4.46. The van der Waals surface area contributed by atoms with Crippen LogP contribution in [0.25, 0.3) is 0 Å². The number of amides is 2. The van der Waals surface area contributed by atoms with Crippen LogP contribution in [0.1, 0.15) is 42.1 Å². The van der Waals surface area contributed by atoms with Gasteiger partial charge in [0.2, 0.25) is 0 Å². The predicted molar refractivity (Wildman–Crippen MR) is 124 cm³/mol. The minimum absolute atomic E-state index is 0.0131. The van der Waals surface area contributed by atoms with E-state index < -0.39 is 0 Å². The van der Waals surface area contributed by atoms with Crippen LogP contribution in [0.4, 0.5) is 22.0 Å². The van der Waals surface area contributed by atoms with E-state index in [1.807, 2.05) is 0 Å². The fourth-order valence-electron chi connectivity index (χ4n) is 3.48. The molecule has 0 unspecified atom stereocenters. The quantitative estimate of drug-likeness (QED) is 0.345. The molecular formula is C23H26N6O3. The Balaban J connectivity index is 1.68. The number of rotatable bonds is 7. The highest BCUT2D eigenvalue weighted by molar-refractivity contribution is 6.06. The van der Waals surface area contributed by atoms with Crippen molar-refractivity contribution in [2.24, 2.45) is 10.9 Å². The van der Waals surface area contributed by atoms with Gasteiger partial charge in [-0.25, -0.2) is 14.8 Å². The second-order valence-electron chi connectivity index (χ2n) is 7.77. The number of methoxy groups -OCH3 is 1. The van der Waals surface area contributed by atoms with Crippen LogP contribution < -0.4 is 15.4 Å². The second kappa shape index (κ2) is 9.17. The maximum Gasteiger partial charge on any atom is 0.323 e. The first-order valence-corrected chi connectivity index (χ1v) is 10.6. The molecule has 1 aromatic carbocycles. The Labute approximate surface area is 186 Å². The number of anilines is 3. The Hall–Kier alpha value is -3.75. The number of hydrogen-bond acceptors (Lipinski definition) is 6. The van der Waals surface area contributed by atoms with Gasteiger partial charge in [-0.2, -0.15) is 0 Å². The summed E-state index contributed by atoms with van der Waals surface area (Å²) < 4.78 is 5.57. The normalized spacial score (nSPS) is 15.2. The van der Waals surface area contributed by atoms with Gasteiger partial charge in [-0.1, -0.05) is 6.07 Å². The number of Topliss-reactive ketones (excluding diaryl/α,β-unsaturated/α-hetero) is 1. The summed E-state index contributed by atoms with van der Waals surface area (Å²) in [4.78, 5) is 35.2. The lowest BCUT2D eigenvalue weighted by Crippen LogP contribution is -2.44. The monoisotopic (exact) mass is 434 g/mol. The van der Waals surface area contributed by atoms with Crippen LogP contribution in [0.5, 0.6) is 5.75 Å². The number of nitrogens with one attached hydrogen (secondary N) is 3. The number of pyridine rings is 1. The molecule has 1 saturated carbocycles. The summed E-state index contributed by atoms with van der Waals surface area (Å²) in [5, 5.41) is 14.2. The van der Waals surface area contributed by atoms with Gasteiger partial charge in [0.25, 0.3) is 0 Å². The average Bonchev–Trinajstić information content (AvgIpc) is 3.57. The van der Waals surface area contributed by atoms with Gasteiger partial charge in [0.05, 0.1) is 29.6 Å². The van der Waals surface area contributed by atoms with Crippen molar-refractivity contribution in [2.45, 2.75) is 26.2 Å². The number of ketones is 1. The predicted octanol–water partition coefficient (Wildman–Crippen LogP) is 4.08. The first-order valence-electron chi connectivity index (χ1n) is 10.6. The molecular weight excluding hydrogens is 408 g/mol. The van der Waals surface area contributed by atoms with Crippen molar-refractivity contribution in [3.05, 3.63) is 41.6 Å². The molecule has 0 spiro atoms. The van der Waals surface area contributed by atoms with E-state index in [1.54, 1.807) is 42.3 Å². The topological polar surface area (TPSA) is 120 Å². The Kier molecular flexibility index (Phi) is 6.16. The molecule has 2 heterocycles. The minimum Gasteiger partial charge on any atom is -0.494 e. The number of likely N-dealkylation sites (tertiary alicyclic amines) is 1. The van der Waals surface area contributed by atoms with Crippen LogP contribution >= 0.6 is 0 Å². The molecule has 1 aliphatic heterocycles. The molecule has 3 N–H and O–H groups in total. The number of nitrogens with zero attached hydrogens (tertiary/aromatic N) is 3. The average molecular weight is 435 g/mol. The molecule has 2 aromatic rings. The molecule has 1 saturated heterocycles. The number of benzene rings is 1. The summed E-state index contributed by atoms with van der Waals surface area (Å²) in [6.45, 7) is 3.20. The van der Waals surface area contributed by atoms with Crippen LogP contribution in [0.3, 0.4) is 0 Å². The molecule has 1 aliphatic carbocycles. The Morgan fingerprint density at radius 2 is 2.03 bits per heavy atom. The number of urea groups is 1. The molecule has 2 amide bonds. The number of hydrogen-bond donors (Lipinski definition) is 3. The van der Waals surface area contributed by atoms with Crippen molar-refractivity contribution in [1.82, 2.24) is 9.88 Å². The lowest BCUT2D eigenvalue weighted by atomic mass is 10.1. The molecule has 0 bridgehead atoms. The van der Waals surface area contributed by atoms with Crippen LogP contribution in [0.2, 0.25) is 0 Å². The van der Waals surface area contributed by atoms with E-state index in [4.69, 9.17) is 10.1 Å². The SMILES string of the molecule is CC=NC(=N)c1cccc(Nc2cc(NC(=O)N3CCC3)ncc2C(=O)C2CC2)c1OC. The van der Waals surface area contributed by atoms with E-state index in [0.717, 1.165) is 32.4 Å². The first kappa shape index (κ1) is 21.5. The van der Waals surface area contributed by atoms with Gasteiger partial charge in [-0.15, -0.1) is 0 Å². The zero-order valence-corrected chi connectivity index (χ0v) is 18.1. The van der Waals surface area contributed by atoms with Crippen molar-refractivity contribution >= 4 is 41.1 Å². The van der Waals surface area contributed by atoms with Crippen LogP contribution in [-0.4, -0.2) is 53.9 Å². The summed E-state index contributed by atoms with van der Waals surface area (Å²) in [6.07, 6.45) is 5.79. The summed E-state index contributed by atoms with van der Waals surface area (Å²) in [6, 6.07) is 6.79. The number of aromatic nitrogens is 1. The number of carbonyl (C=O) groups excluding carboxylic acids is 2. The first-order chi connectivity index (χ1) is 15.5. The molecule has 0 atom stereocenters. The van der Waals surface area contributed by atoms with E-state index in [9.17, 15) is 9.59 Å². The third-order valence-electron chi connectivity index (χ3n) is 5.50. The smallest absolute Gasteiger partial charge is 0.323 e. The largest absolute Gasteiger partial charge is 0.494 e. The number of aliphatic imine (C=N–C) groups is 1. The zero-order chi connectivity index (χ0) is 22.7. The summed E-state index contributed by atoms with van der Waals surface area (Å²) >= 11 is 0. The standard InChI is InChI=1S/C23H26N6O3/c1-3-25-22(24)15-6-4-7-17(21(15)32-2)27-18-12-19(28-23(31)29-10-5-11-29)26-13-16(18)20(30)14-8-9-14/h3-4,6-7,12-14,24H,5,8-11H2,1-2H3,(H2,26,27,28,31). The number of amidine groups is 1. The van der Waals surface area contributed by atoms with Gasteiger partial charge in [-0.05, 0) is 38.3 Å². The van der Waals surface area contributed by atoms with Crippen molar-refractivity contribution in [3.63, 3.8) is 0 Å². The van der Waals surface area contributed by atoms with Gasteiger partial charge in [-0.3, -0.25) is 15.5 Å². The van der Waals surface area contributed by atoms with Gasteiger partial charge < -0.3 is 15.0 Å². The van der Waals surface area contributed by atoms with Crippen LogP contribution in [-0.2, 0) is 0 Å². The highest BCUT2D eigenvalue weighted by Crippen LogP contribution is 2.37. The van der Waals surface area contributed by atoms with E-state index in [-0.39, 0.29) is 23.6 Å². The lowest BCUT2D eigenvalue weighted by molar-refractivity contribution is 0.0968. The highest BCUT2D eigenvalue weighted by Gasteiger charge is 2.32. The Bertz CT molecular complexity index is 1090. The maximum atomic E-state index is 12.9. The van der Waals surface area contributed by atoms with Crippen molar-refractivity contribution < 1.29 is 14.3 Å². The van der Waals surface area contributed by atoms with Crippen LogP contribution in [0.15, 0.2) is 35.5 Å². The van der Waals surface area contributed by atoms with Crippen molar-refractivity contribution in [2.75, 3.05) is 30.8 Å². The highest BCUT2D eigenvalue weighted by atomic mass is 16.5. The van der Waals surface area contributed by atoms with Gasteiger partial charge in [0, 0.05) is 37.5 Å². The summed E-state index contributed by atoms with van der Waals surface area (Å²) in [5.74, 6) is 0.906. The maximum absolute atomic E-state index is 12.9. The Morgan fingerprint density at radius 1 is 1.25 bits per heavy atom. The van der Waals surface area contributed by atoms with Crippen LogP contribution in [0, 0.1) is 11.3 Å². The van der Waals surface area contributed by atoms with E-state index >= 15 is 0 Å². The van der Waals surface area contributed by atoms with Crippen molar-refractivity contribution in [1.29, 1.82) is 5.41 Å². The molecule has 1 aromatic heterocycles. The van der Waals surface area contributed by atoms with Gasteiger partial charge >= 0.3 is 6.03 Å². The second-order valence-corrected chi connectivity index (χ2v) is 7.77. The molecule has 166 valence electrons. The molecule has 0 radical (unpaired) electrons. The lowest BCUT2D eigenvalue weighted by Gasteiger charge is -2.30.